The Bertz CT molecular complexity index is 766. The highest BCUT2D eigenvalue weighted by Crippen LogP contribution is 2.29. The van der Waals surface area contributed by atoms with Gasteiger partial charge in [-0.25, -0.2) is 4.39 Å². The number of nitrogens with two attached hydrogens (primary N) is 1. The lowest BCUT2D eigenvalue weighted by Crippen LogP contribution is -2.05. The molecule has 2 rings (SSSR count). The highest BCUT2D eigenvalue weighted by Gasteiger charge is 2.19. The Hall–Kier alpha value is -3.27. The molecule has 0 spiro atoms. The molecule has 1 heterocycles. The van der Waals surface area contributed by atoms with E-state index in [4.69, 9.17) is 5.73 Å². The average molecular weight is 284 g/mol. The number of hydrogen-bond donors (Lipinski definition) is 1. The third-order valence-corrected chi connectivity index (χ3v) is 2.78. The van der Waals surface area contributed by atoms with Crippen molar-refractivity contribution in [3.63, 3.8) is 0 Å². The van der Waals surface area contributed by atoms with Crippen molar-refractivity contribution in [1.82, 2.24) is 4.98 Å². The molecule has 104 valence electrons. The molecule has 7 heteroatoms. The lowest BCUT2D eigenvalue weighted by Gasteiger charge is -2.07. The summed E-state index contributed by atoms with van der Waals surface area (Å²) in [5.41, 5.74) is 5.57. The third-order valence-electron chi connectivity index (χ3n) is 2.78. The third kappa shape index (κ3) is 2.84. The Morgan fingerprint density at radius 1 is 1.43 bits per heavy atom. The number of halogens is 1. The smallest absolute Gasteiger partial charge is 0.278 e. The summed E-state index contributed by atoms with van der Waals surface area (Å²) in [6.45, 7) is 0. The number of nitro groups is 1. The van der Waals surface area contributed by atoms with Gasteiger partial charge in [-0.3, -0.25) is 15.1 Å². The summed E-state index contributed by atoms with van der Waals surface area (Å²) in [7, 11) is 0. The van der Waals surface area contributed by atoms with E-state index in [2.05, 4.69) is 4.98 Å². The van der Waals surface area contributed by atoms with Crippen LogP contribution in [0.25, 0.3) is 11.3 Å². The van der Waals surface area contributed by atoms with Crippen LogP contribution in [0.3, 0.4) is 0 Å². The van der Waals surface area contributed by atoms with Crippen LogP contribution in [-0.4, -0.2) is 9.91 Å². The van der Waals surface area contributed by atoms with E-state index in [1.165, 1.54) is 12.4 Å². The molecule has 0 aliphatic carbocycles. The van der Waals surface area contributed by atoms with Crippen molar-refractivity contribution in [1.29, 1.82) is 5.26 Å². The molecule has 0 aliphatic heterocycles. The summed E-state index contributed by atoms with van der Waals surface area (Å²) in [4.78, 5) is 14.2. The van der Waals surface area contributed by atoms with Crippen LogP contribution < -0.4 is 5.73 Å². The maximum atomic E-state index is 13.3. The number of nitriles is 1. The van der Waals surface area contributed by atoms with Gasteiger partial charge in [0.2, 0.25) is 0 Å². The first-order chi connectivity index (χ1) is 10.0. The normalized spacial score (nSPS) is 11.4. The van der Waals surface area contributed by atoms with Crippen LogP contribution in [-0.2, 0) is 0 Å². The number of allylic oxidation sites excluding steroid dienone is 1. The molecule has 0 atom stereocenters. The van der Waals surface area contributed by atoms with E-state index in [0.717, 1.165) is 18.2 Å². The standard InChI is InChI=1S/C14H9FN4O2/c15-10-3-4-13(19(20)21)11(6-10)14(17)12(7-16)9-2-1-5-18-8-9/h1-6,8H,17H2/b14-12-. The molecule has 2 N–H and O–H groups in total. The van der Waals surface area contributed by atoms with Crippen molar-refractivity contribution in [2.75, 3.05) is 0 Å². The fourth-order valence-electron chi connectivity index (χ4n) is 1.81. The van der Waals surface area contributed by atoms with Gasteiger partial charge in [0, 0.05) is 24.0 Å². The van der Waals surface area contributed by atoms with Crippen LogP contribution in [0.5, 0.6) is 0 Å². The molecule has 0 unspecified atom stereocenters. The van der Waals surface area contributed by atoms with Crippen molar-refractivity contribution >= 4 is 17.0 Å². The fourth-order valence-corrected chi connectivity index (χ4v) is 1.81. The molecule has 0 saturated carbocycles. The second-order valence-corrected chi connectivity index (χ2v) is 4.06. The van der Waals surface area contributed by atoms with Crippen LogP contribution in [0.15, 0.2) is 42.7 Å². The van der Waals surface area contributed by atoms with Gasteiger partial charge in [0.1, 0.15) is 11.9 Å². The van der Waals surface area contributed by atoms with Crippen molar-refractivity contribution in [2.45, 2.75) is 0 Å². The van der Waals surface area contributed by atoms with Gasteiger partial charge in [-0.1, -0.05) is 6.07 Å². The highest BCUT2D eigenvalue weighted by atomic mass is 19.1. The molecule has 0 bridgehead atoms. The zero-order valence-electron chi connectivity index (χ0n) is 10.7. The van der Waals surface area contributed by atoms with E-state index in [1.54, 1.807) is 12.1 Å². The van der Waals surface area contributed by atoms with Crippen LogP contribution in [0.4, 0.5) is 10.1 Å². The second kappa shape index (κ2) is 5.79. The quantitative estimate of drug-likeness (QED) is 0.529. The summed E-state index contributed by atoms with van der Waals surface area (Å²) < 4.78 is 13.3. The summed E-state index contributed by atoms with van der Waals surface area (Å²) in [6, 6.07) is 7.96. The molecule has 0 saturated heterocycles. The molecule has 6 nitrogen and oxygen atoms in total. The van der Waals surface area contributed by atoms with Crippen LogP contribution >= 0.6 is 0 Å². The molecular formula is C14H9FN4O2. The number of benzene rings is 1. The van der Waals surface area contributed by atoms with Gasteiger partial charge >= 0.3 is 0 Å². The van der Waals surface area contributed by atoms with E-state index >= 15 is 0 Å². The zero-order chi connectivity index (χ0) is 15.4. The summed E-state index contributed by atoms with van der Waals surface area (Å²) in [5, 5.41) is 20.2. The van der Waals surface area contributed by atoms with E-state index in [9.17, 15) is 19.8 Å². The Balaban J connectivity index is 2.70. The van der Waals surface area contributed by atoms with Gasteiger partial charge in [-0.15, -0.1) is 0 Å². The average Bonchev–Trinajstić information content (AvgIpc) is 2.48. The number of pyridine rings is 1. The van der Waals surface area contributed by atoms with Crippen molar-refractivity contribution in [2.24, 2.45) is 5.73 Å². The van der Waals surface area contributed by atoms with Gasteiger partial charge in [0.25, 0.3) is 5.69 Å². The number of nitrogens with zero attached hydrogens (tertiary/aromatic N) is 3. The Morgan fingerprint density at radius 3 is 2.76 bits per heavy atom. The number of aromatic nitrogens is 1. The molecule has 0 amide bonds. The Morgan fingerprint density at radius 2 is 2.19 bits per heavy atom. The number of nitro benzene ring substituents is 1. The minimum atomic E-state index is -0.681. The molecule has 21 heavy (non-hydrogen) atoms. The van der Waals surface area contributed by atoms with Crippen molar-refractivity contribution in [3.05, 3.63) is 69.8 Å². The summed E-state index contributed by atoms with van der Waals surface area (Å²) >= 11 is 0. The van der Waals surface area contributed by atoms with Crippen LogP contribution in [0, 0.1) is 27.3 Å². The van der Waals surface area contributed by atoms with Gasteiger partial charge < -0.3 is 5.73 Å². The maximum Gasteiger partial charge on any atom is 0.278 e. The predicted octanol–water partition coefficient (Wildman–Crippen LogP) is 2.48. The summed E-state index contributed by atoms with van der Waals surface area (Å²) in [5.74, 6) is -0.679. The minimum Gasteiger partial charge on any atom is -0.397 e. The topological polar surface area (TPSA) is 106 Å². The zero-order valence-corrected chi connectivity index (χ0v) is 10.7. The largest absolute Gasteiger partial charge is 0.397 e. The van der Waals surface area contributed by atoms with Gasteiger partial charge in [-0.05, 0) is 18.2 Å². The van der Waals surface area contributed by atoms with E-state index in [-0.39, 0.29) is 22.5 Å². The van der Waals surface area contributed by atoms with E-state index in [0.29, 0.717) is 5.56 Å². The SMILES string of the molecule is N#C/C(=C(/N)c1cc(F)ccc1[N+](=O)[O-])c1cccnc1. The molecule has 0 radical (unpaired) electrons. The first-order valence-corrected chi connectivity index (χ1v) is 5.79. The molecule has 2 aromatic rings. The van der Waals surface area contributed by atoms with Gasteiger partial charge in [-0.2, -0.15) is 5.26 Å². The van der Waals surface area contributed by atoms with Crippen LogP contribution in [0.1, 0.15) is 11.1 Å². The van der Waals surface area contributed by atoms with Crippen LogP contribution in [0.2, 0.25) is 0 Å². The van der Waals surface area contributed by atoms with Gasteiger partial charge in [0.05, 0.1) is 21.8 Å². The number of rotatable bonds is 3. The minimum absolute atomic E-state index is 0.00296. The molecule has 1 aromatic carbocycles. The predicted molar refractivity (Wildman–Crippen MR) is 73.9 cm³/mol. The van der Waals surface area contributed by atoms with Gasteiger partial charge in [0.15, 0.2) is 0 Å². The number of hydrogen-bond acceptors (Lipinski definition) is 5. The maximum absolute atomic E-state index is 13.3. The fraction of sp³-hybridized carbons (Fsp3) is 0. The van der Waals surface area contributed by atoms with E-state index in [1.807, 2.05) is 6.07 Å². The van der Waals surface area contributed by atoms with E-state index < -0.39 is 10.7 Å². The Kier molecular flexibility index (Phi) is 3.90. The lowest BCUT2D eigenvalue weighted by atomic mass is 10.0. The second-order valence-electron chi connectivity index (χ2n) is 4.06. The first kappa shape index (κ1) is 14.1. The van der Waals surface area contributed by atoms with Crippen molar-refractivity contribution < 1.29 is 9.31 Å². The highest BCUT2D eigenvalue weighted by molar-refractivity contribution is 5.97. The molecule has 1 aromatic heterocycles. The molecule has 0 fully saturated rings. The molecular weight excluding hydrogens is 275 g/mol. The molecule has 0 aliphatic rings. The summed E-state index contributed by atoms with van der Waals surface area (Å²) in [6.07, 6.45) is 2.91. The Labute approximate surface area is 119 Å². The van der Waals surface area contributed by atoms with Crippen molar-refractivity contribution in [3.8, 4) is 6.07 Å². The monoisotopic (exact) mass is 284 g/mol. The lowest BCUT2D eigenvalue weighted by molar-refractivity contribution is -0.385. The first-order valence-electron chi connectivity index (χ1n) is 5.79.